The predicted molar refractivity (Wildman–Crippen MR) is 118 cm³/mol. The second-order valence-corrected chi connectivity index (χ2v) is 13.2. The number of rotatable bonds is 3. The van der Waals surface area contributed by atoms with Gasteiger partial charge in [-0.05, 0) is 41.5 Å². The Balaban J connectivity index is 2.07. The maximum Gasteiger partial charge on any atom is 0.412 e. The third-order valence-corrected chi connectivity index (χ3v) is 10.9. The lowest BCUT2D eigenvalue weighted by molar-refractivity contribution is 0.0762. The summed E-state index contributed by atoms with van der Waals surface area (Å²) in [6.07, 6.45) is 3.21. The first-order chi connectivity index (χ1) is 13.8. The van der Waals surface area contributed by atoms with Crippen LogP contribution in [-0.2, 0) is 4.74 Å². The molecule has 1 aliphatic heterocycles. The quantitative estimate of drug-likeness (QED) is 0.729. The molecule has 152 valence electrons. The van der Waals surface area contributed by atoms with E-state index in [4.69, 9.17) is 4.74 Å². The van der Waals surface area contributed by atoms with Gasteiger partial charge in [0.25, 0.3) is 8.32 Å². The number of hydrogen-bond acceptors (Lipinski definition) is 3. The van der Waals surface area contributed by atoms with E-state index in [9.17, 15) is 9.59 Å². The lowest BCUT2D eigenvalue weighted by Gasteiger charge is -2.42. The minimum atomic E-state index is -3.30. The zero-order valence-electron chi connectivity index (χ0n) is 17.4. The van der Waals surface area contributed by atoms with Crippen molar-refractivity contribution < 1.29 is 14.3 Å². The molecule has 1 saturated heterocycles. The molecule has 29 heavy (non-hydrogen) atoms. The third kappa shape index (κ3) is 3.22. The Morgan fingerprint density at radius 2 is 1.55 bits per heavy atom. The van der Waals surface area contributed by atoms with Crippen molar-refractivity contribution in [3.8, 4) is 0 Å². The molecular formula is C24H29NO3Si. The van der Waals surface area contributed by atoms with Crippen LogP contribution in [0, 0.1) is 0 Å². The van der Waals surface area contributed by atoms with E-state index in [-0.39, 0.29) is 0 Å². The Labute approximate surface area is 173 Å². The molecule has 2 fully saturated rings. The number of carbonyl (C=O) groups is 1. The summed E-state index contributed by atoms with van der Waals surface area (Å²) in [6.45, 7) is 6.28. The van der Waals surface area contributed by atoms with Gasteiger partial charge in [0, 0.05) is 5.20 Å². The second-order valence-electron chi connectivity index (χ2n) is 9.16. The van der Waals surface area contributed by atoms with Crippen LogP contribution in [-0.4, -0.2) is 24.8 Å². The molecule has 2 N–H and O–H groups in total. The normalized spacial score (nSPS) is 22.1. The zero-order valence-corrected chi connectivity index (χ0v) is 18.4. The van der Waals surface area contributed by atoms with Crippen LogP contribution >= 0.6 is 0 Å². The van der Waals surface area contributed by atoms with Gasteiger partial charge in [0.1, 0.15) is 0 Å². The first kappa shape index (κ1) is 19.9. The minimum absolute atomic E-state index is 0.403. The molecule has 5 heteroatoms. The Bertz CT molecular complexity index is 928. The molecule has 0 bridgehead atoms. The zero-order chi connectivity index (χ0) is 20.7. The van der Waals surface area contributed by atoms with Gasteiger partial charge in [-0.2, -0.15) is 0 Å². The number of nitrogens with one attached hydrogen (secondary N) is 1. The van der Waals surface area contributed by atoms with Crippen molar-refractivity contribution in [2.75, 3.05) is 0 Å². The summed E-state index contributed by atoms with van der Waals surface area (Å²) >= 11 is 0. The van der Waals surface area contributed by atoms with Crippen LogP contribution in [0.5, 0.6) is 0 Å². The second kappa shape index (κ2) is 7.15. The van der Waals surface area contributed by atoms with E-state index in [1.54, 1.807) is 0 Å². The number of amides is 1. The molecule has 1 heterocycles. The number of hydrogen-bond donors (Lipinski definition) is 2. The van der Waals surface area contributed by atoms with Crippen molar-refractivity contribution in [3.05, 3.63) is 71.9 Å². The van der Waals surface area contributed by atoms with Crippen molar-refractivity contribution in [1.29, 1.82) is 0 Å². The summed E-state index contributed by atoms with van der Waals surface area (Å²) in [6, 6.07) is 19.9. The minimum Gasteiger partial charge on any atom is -0.436 e. The molecule has 1 amide bonds. The van der Waals surface area contributed by atoms with E-state index in [1.165, 1.54) is 0 Å². The fourth-order valence-corrected chi connectivity index (χ4v) is 8.65. The molecule has 0 unspecified atom stereocenters. The molecule has 2 aromatic rings. The van der Waals surface area contributed by atoms with E-state index in [1.807, 2.05) is 60.7 Å². The summed E-state index contributed by atoms with van der Waals surface area (Å²) in [5, 5.41) is 4.43. The molecule has 1 aliphatic carbocycles. The smallest absolute Gasteiger partial charge is 0.412 e. The Morgan fingerprint density at radius 3 is 2.10 bits per heavy atom. The van der Waals surface area contributed by atoms with Gasteiger partial charge >= 0.3 is 6.09 Å². The fraction of sp³-hybridized carbons (Fsp3) is 0.375. The first-order valence-corrected chi connectivity index (χ1v) is 12.3. The molecule has 2 aromatic carbocycles. The van der Waals surface area contributed by atoms with Gasteiger partial charge in [-0.15, -0.1) is 0 Å². The lowest BCUT2D eigenvalue weighted by atomic mass is 9.96. The van der Waals surface area contributed by atoms with Crippen LogP contribution in [0.3, 0.4) is 0 Å². The Morgan fingerprint density at radius 1 is 1.00 bits per heavy atom. The summed E-state index contributed by atoms with van der Waals surface area (Å²) in [5.74, 6) is 0. The standard InChI is InChI=1S/C24H29NO3Si/c1-23(2,3)29(27,19-14-8-5-9-15-19)20(18-12-6-4-7-13-18)21-24(16-10-11-17-24)28-22(26)25-21/h4-9,12-15,27H,10-11,16-17H2,1-3H3,(H,25,26)/b21-20-/t29-/m1/s1. The number of alkyl carbamates (subject to hydrolysis) is 1. The molecule has 4 nitrogen and oxygen atoms in total. The average Bonchev–Trinajstić information content (AvgIpc) is 3.29. The molecule has 0 radical (unpaired) electrons. The molecule has 4 rings (SSSR count). The number of carbonyl (C=O) groups excluding carboxylic acids is 1. The molecular weight excluding hydrogens is 378 g/mol. The van der Waals surface area contributed by atoms with Crippen LogP contribution in [0.4, 0.5) is 4.79 Å². The van der Waals surface area contributed by atoms with Crippen molar-refractivity contribution >= 4 is 24.8 Å². The average molecular weight is 408 g/mol. The maximum atomic E-state index is 12.6. The van der Waals surface area contributed by atoms with Crippen LogP contribution < -0.4 is 10.5 Å². The van der Waals surface area contributed by atoms with E-state index < -0.39 is 25.0 Å². The van der Waals surface area contributed by atoms with Gasteiger partial charge in [-0.3, -0.25) is 5.32 Å². The number of benzene rings is 2. The van der Waals surface area contributed by atoms with Gasteiger partial charge in [0.15, 0.2) is 5.60 Å². The van der Waals surface area contributed by atoms with Gasteiger partial charge in [0.2, 0.25) is 0 Å². The summed E-state index contributed by atoms with van der Waals surface area (Å²) in [7, 11) is -3.30. The molecule has 1 saturated carbocycles. The van der Waals surface area contributed by atoms with Gasteiger partial charge in [-0.1, -0.05) is 81.4 Å². The lowest BCUT2D eigenvalue weighted by Crippen LogP contribution is -2.58. The molecule has 1 atom stereocenters. The molecule has 1 spiro atoms. The highest BCUT2D eigenvalue weighted by Gasteiger charge is 2.56. The van der Waals surface area contributed by atoms with E-state index in [0.717, 1.165) is 47.3 Å². The van der Waals surface area contributed by atoms with Crippen molar-refractivity contribution in [3.63, 3.8) is 0 Å². The molecule has 0 aromatic heterocycles. The van der Waals surface area contributed by atoms with Crippen molar-refractivity contribution in [2.24, 2.45) is 0 Å². The SMILES string of the molecule is CC(C)(C)[Si@](O)(/C(=C1\NC(=O)OC12CCCC2)c1ccccc1)c1ccccc1. The summed E-state index contributed by atoms with van der Waals surface area (Å²) in [5.41, 5.74) is 1.08. The highest BCUT2D eigenvalue weighted by Crippen LogP contribution is 2.50. The highest BCUT2D eigenvalue weighted by molar-refractivity contribution is 7.03. The first-order valence-electron chi connectivity index (χ1n) is 10.4. The Hall–Kier alpha value is -2.37. The van der Waals surface area contributed by atoms with Gasteiger partial charge < -0.3 is 9.53 Å². The Kier molecular flexibility index (Phi) is 4.91. The maximum absolute atomic E-state index is 12.6. The fourth-order valence-electron chi connectivity index (χ4n) is 4.83. The van der Waals surface area contributed by atoms with Crippen LogP contribution in [0.1, 0.15) is 52.0 Å². The van der Waals surface area contributed by atoms with E-state index >= 15 is 0 Å². The largest absolute Gasteiger partial charge is 0.436 e. The highest BCUT2D eigenvalue weighted by atomic mass is 28.4. The van der Waals surface area contributed by atoms with Crippen LogP contribution in [0.2, 0.25) is 5.04 Å². The van der Waals surface area contributed by atoms with Gasteiger partial charge in [0.05, 0.1) is 5.70 Å². The van der Waals surface area contributed by atoms with Gasteiger partial charge in [-0.25, -0.2) is 4.79 Å². The topological polar surface area (TPSA) is 58.6 Å². The monoisotopic (exact) mass is 407 g/mol. The van der Waals surface area contributed by atoms with E-state index in [2.05, 4.69) is 26.1 Å². The van der Waals surface area contributed by atoms with Crippen LogP contribution in [0.25, 0.3) is 5.20 Å². The number of ether oxygens (including phenoxy) is 1. The van der Waals surface area contributed by atoms with Crippen LogP contribution in [0.15, 0.2) is 66.4 Å². The third-order valence-electron chi connectivity index (χ3n) is 6.33. The summed E-state index contributed by atoms with van der Waals surface area (Å²) in [4.78, 5) is 25.0. The van der Waals surface area contributed by atoms with Crippen molar-refractivity contribution in [1.82, 2.24) is 5.32 Å². The molecule has 2 aliphatic rings. The van der Waals surface area contributed by atoms with E-state index in [0.29, 0.717) is 0 Å². The van der Waals surface area contributed by atoms with Crippen molar-refractivity contribution in [2.45, 2.75) is 57.1 Å². The summed E-state index contributed by atoms with van der Waals surface area (Å²) < 4.78 is 5.87. The predicted octanol–water partition coefficient (Wildman–Crippen LogP) is 4.63.